The zero-order valence-corrected chi connectivity index (χ0v) is 8.24. The molecule has 0 fully saturated rings. The first-order chi connectivity index (χ1) is 7.74. The van der Waals surface area contributed by atoms with Gasteiger partial charge in [0.15, 0.2) is 12.0 Å². The van der Waals surface area contributed by atoms with Crippen molar-refractivity contribution in [3.05, 3.63) is 47.5 Å². The first-order valence-electron chi connectivity index (χ1n) is 4.56. The van der Waals surface area contributed by atoms with Crippen LogP contribution in [0.15, 0.2) is 34.7 Å². The van der Waals surface area contributed by atoms with E-state index in [0.717, 1.165) is 0 Å². The quantitative estimate of drug-likeness (QED) is 0.568. The molecule has 0 amide bonds. The van der Waals surface area contributed by atoms with Crippen LogP contribution < -0.4 is 0 Å². The van der Waals surface area contributed by atoms with Gasteiger partial charge < -0.3 is 4.42 Å². The molecule has 0 radical (unpaired) electrons. The summed E-state index contributed by atoms with van der Waals surface area (Å²) in [6.07, 6.45) is 5.71. The molecular weight excluding hydrogens is 207 g/mol. The molecule has 0 atom stereocenters. The lowest BCUT2D eigenvalue weighted by atomic mass is 10.1. The number of benzene rings is 1. The number of furan rings is 1. The fourth-order valence-electron chi connectivity index (χ4n) is 1.37. The van der Waals surface area contributed by atoms with Gasteiger partial charge in [-0.3, -0.25) is 4.79 Å². The molecule has 0 bridgehead atoms. The molecule has 1 aromatic heterocycles. The highest BCUT2D eigenvalue weighted by molar-refractivity contribution is 5.73. The summed E-state index contributed by atoms with van der Waals surface area (Å²) in [7, 11) is 0. The largest absolute Gasteiger partial charge is 0.453 e. The molecule has 3 heteroatoms. The minimum absolute atomic E-state index is 0.162. The van der Waals surface area contributed by atoms with Gasteiger partial charge >= 0.3 is 0 Å². The number of carbonyl (C=O) groups excluding carboxylic acids is 1. The molecule has 0 saturated heterocycles. The zero-order valence-electron chi connectivity index (χ0n) is 8.24. The van der Waals surface area contributed by atoms with Crippen LogP contribution in [0.5, 0.6) is 0 Å². The lowest BCUT2D eigenvalue weighted by Crippen LogP contribution is -1.84. The third-order valence-corrected chi connectivity index (χ3v) is 2.14. The Morgan fingerprint density at radius 3 is 2.69 bits per heavy atom. The summed E-state index contributed by atoms with van der Waals surface area (Å²) >= 11 is 0. The lowest BCUT2D eigenvalue weighted by molar-refractivity contribution is 0.110. The molecule has 2 nitrogen and oxygen atoms in total. The van der Waals surface area contributed by atoms with Crippen LogP contribution in [0.2, 0.25) is 0 Å². The molecule has 1 heterocycles. The van der Waals surface area contributed by atoms with Crippen molar-refractivity contribution in [2.24, 2.45) is 0 Å². The summed E-state index contributed by atoms with van der Waals surface area (Å²) in [6, 6.07) is 7.41. The Balaban J connectivity index is 2.48. The summed E-state index contributed by atoms with van der Waals surface area (Å²) in [5.41, 5.74) is 0.746. The summed E-state index contributed by atoms with van der Waals surface area (Å²) in [5, 5.41) is 0. The van der Waals surface area contributed by atoms with Crippen molar-refractivity contribution in [3.63, 3.8) is 0 Å². The highest BCUT2D eigenvalue weighted by Gasteiger charge is 2.09. The molecule has 0 aliphatic rings. The molecule has 0 aliphatic carbocycles. The predicted octanol–water partition coefficient (Wildman–Crippen LogP) is 2.88. The zero-order chi connectivity index (χ0) is 11.5. The van der Waals surface area contributed by atoms with Gasteiger partial charge in [0.25, 0.3) is 0 Å². The average molecular weight is 214 g/mol. The van der Waals surface area contributed by atoms with Crippen LogP contribution in [0.1, 0.15) is 16.1 Å². The maximum Gasteiger partial charge on any atom is 0.185 e. The number of hydrogen-bond donors (Lipinski definition) is 0. The van der Waals surface area contributed by atoms with Crippen LogP contribution in [0.4, 0.5) is 4.39 Å². The molecule has 0 spiro atoms. The van der Waals surface area contributed by atoms with Crippen molar-refractivity contribution >= 4 is 6.29 Å². The van der Waals surface area contributed by atoms with Crippen LogP contribution in [-0.2, 0) is 0 Å². The van der Waals surface area contributed by atoms with Gasteiger partial charge in [0.2, 0.25) is 0 Å². The normalized spacial score (nSPS) is 9.75. The van der Waals surface area contributed by atoms with Crippen molar-refractivity contribution in [2.75, 3.05) is 0 Å². The smallest absolute Gasteiger partial charge is 0.185 e. The third-order valence-electron chi connectivity index (χ3n) is 2.14. The molecule has 1 aromatic carbocycles. The second-order valence-corrected chi connectivity index (χ2v) is 3.16. The van der Waals surface area contributed by atoms with E-state index in [-0.39, 0.29) is 11.3 Å². The highest BCUT2D eigenvalue weighted by Crippen LogP contribution is 2.25. The number of rotatable bonds is 2. The Morgan fingerprint density at radius 2 is 2.12 bits per heavy atom. The van der Waals surface area contributed by atoms with Crippen molar-refractivity contribution in [2.45, 2.75) is 0 Å². The van der Waals surface area contributed by atoms with E-state index in [1.807, 2.05) is 0 Å². The van der Waals surface area contributed by atoms with Gasteiger partial charge in [-0.1, -0.05) is 5.92 Å². The molecule has 0 unspecified atom stereocenters. The second kappa shape index (κ2) is 4.03. The van der Waals surface area contributed by atoms with E-state index in [4.69, 9.17) is 10.8 Å². The molecule has 2 rings (SSSR count). The van der Waals surface area contributed by atoms with Gasteiger partial charge in [0.1, 0.15) is 11.6 Å². The van der Waals surface area contributed by atoms with E-state index in [2.05, 4.69) is 5.92 Å². The van der Waals surface area contributed by atoms with Crippen LogP contribution >= 0.6 is 0 Å². The predicted molar refractivity (Wildman–Crippen MR) is 57.4 cm³/mol. The minimum atomic E-state index is -0.470. The fourth-order valence-corrected chi connectivity index (χ4v) is 1.37. The summed E-state index contributed by atoms with van der Waals surface area (Å²) in [6.45, 7) is 0. The number of carbonyl (C=O) groups is 1. The Bertz CT molecular complexity index is 576. The molecule has 16 heavy (non-hydrogen) atoms. The van der Waals surface area contributed by atoms with Gasteiger partial charge in [-0.25, -0.2) is 4.39 Å². The molecule has 2 aromatic rings. The van der Waals surface area contributed by atoms with Gasteiger partial charge in [-0.05, 0) is 30.3 Å². The van der Waals surface area contributed by atoms with Gasteiger partial charge in [0, 0.05) is 5.56 Å². The lowest BCUT2D eigenvalue weighted by Gasteiger charge is -1.99. The Labute approximate surface area is 91.7 Å². The average Bonchev–Trinajstić information content (AvgIpc) is 2.77. The summed E-state index contributed by atoms with van der Waals surface area (Å²) < 4.78 is 18.7. The molecule has 0 saturated carbocycles. The summed E-state index contributed by atoms with van der Waals surface area (Å²) in [4.78, 5) is 10.4. The van der Waals surface area contributed by atoms with Crippen molar-refractivity contribution in [3.8, 4) is 23.7 Å². The Kier molecular flexibility index (Phi) is 2.57. The van der Waals surface area contributed by atoms with Gasteiger partial charge in [0.05, 0.1) is 5.56 Å². The SMILES string of the molecule is C#Cc1ccc(-c2ccc(C=O)o2)c(F)c1. The second-order valence-electron chi connectivity index (χ2n) is 3.16. The third kappa shape index (κ3) is 1.73. The van der Waals surface area contributed by atoms with Gasteiger partial charge in [-0.2, -0.15) is 0 Å². The van der Waals surface area contributed by atoms with Crippen molar-refractivity contribution in [1.82, 2.24) is 0 Å². The Morgan fingerprint density at radius 1 is 1.31 bits per heavy atom. The molecule has 0 aliphatic heterocycles. The first kappa shape index (κ1) is 10.2. The Hall–Kier alpha value is -2.34. The standard InChI is InChI=1S/C13H7FO2/c1-2-9-3-5-11(12(14)7-9)13-6-4-10(8-15)16-13/h1,3-8H. The maximum absolute atomic E-state index is 13.6. The van der Waals surface area contributed by atoms with Crippen LogP contribution in [0.3, 0.4) is 0 Å². The van der Waals surface area contributed by atoms with E-state index in [1.165, 1.54) is 24.3 Å². The van der Waals surface area contributed by atoms with Crippen LogP contribution in [0, 0.1) is 18.2 Å². The first-order valence-corrected chi connectivity index (χ1v) is 4.56. The minimum Gasteiger partial charge on any atom is -0.453 e. The topological polar surface area (TPSA) is 30.2 Å². The van der Waals surface area contributed by atoms with Gasteiger partial charge in [-0.15, -0.1) is 6.42 Å². The number of halogens is 1. The number of aldehydes is 1. The monoisotopic (exact) mass is 214 g/mol. The maximum atomic E-state index is 13.6. The van der Waals surface area contributed by atoms with E-state index >= 15 is 0 Å². The number of terminal acetylenes is 1. The fraction of sp³-hybridized carbons (Fsp3) is 0. The van der Waals surface area contributed by atoms with E-state index in [9.17, 15) is 9.18 Å². The van der Waals surface area contributed by atoms with Crippen molar-refractivity contribution < 1.29 is 13.6 Å². The number of hydrogen-bond acceptors (Lipinski definition) is 2. The van der Waals surface area contributed by atoms with E-state index in [1.54, 1.807) is 6.07 Å². The van der Waals surface area contributed by atoms with E-state index in [0.29, 0.717) is 17.6 Å². The van der Waals surface area contributed by atoms with Crippen LogP contribution in [0.25, 0.3) is 11.3 Å². The molecular formula is C13H7FO2. The highest BCUT2D eigenvalue weighted by atomic mass is 19.1. The van der Waals surface area contributed by atoms with E-state index < -0.39 is 5.82 Å². The summed E-state index contributed by atoms with van der Waals surface area (Å²) in [5.74, 6) is 2.34. The molecule has 0 N–H and O–H groups in total. The van der Waals surface area contributed by atoms with Crippen LogP contribution in [-0.4, -0.2) is 6.29 Å². The molecule has 78 valence electrons. The van der Waals surface area contributed by atoms with Crippen molar-refractivity contribution in [1.29, 1.82) is 0 Å².